The molecular weight excluding hydrogens is 252 g/mol. The lowest BCUT2D eigenvalue weighted by atomic mass is 9.71. The van der Waals surface area contributed by atoms with Crippen LogP contribution in [0.15, 0.2) is 0 Å². The van der Waals surface area contributed by atoms with Crippen LogP contribution in [0.5, 0.6) is 0 Å². The summed E-state index contributed by atoms with van der Waals surface area (Å²) in [5, 5.41) is 0. The summed E-state index contributed by atoms with van der Waals surface area (Å²) in [6.07, 6.45) is 8.82. The molecule has 1 saturated heterocycles. The lowest BCUT2D eigenvalue weighted by Crippen LogP contribution is -2.41. The zero-order chi connectivity index (χ0) is 14.4. The number of hydrogen-bond donors (Lipinski definition) is 1. The second-order valence-corrected chi connectivity index (χ2v) is 6.77. The summed E-state index contributed by atoms with van der Waals surface area (Å²) in [7, 11) is 1.95. The lowest BCUT2D eigenvalue weighted by molar-refractivity contribution is -0.133. The Labute approximate surface area is 123 Å². The molecule has 0 bridgehead atoms. The van der Waals surface area contributed by atoms with E-state index in [0.29, 0.717) is 18.9 Å². The van der Waals surface area contributed by atoms with Crippen LogP contribution in [-0.2, 0) is 9.53 Å². The Balaban J connectivity index is 1.82. The third kappa shape index (κ3) is 4.19. The Bertz CT molecular complexity index is 308. The van der Waals surface area contributed by atoms with Gasteiger partial charge in [-0.3, -0.25) is 4.79 Å². The van der Waals surface area contributed by atoms with Crippen molar-refractivity contribution < 1.29 is 9.53 Å². The molecule has 0 aromatic heterocycles. The van der Waals surface area contributed by atoms with E-state index in [-0.39, 0.29) is 11.3 Å². The summed E-state index contributed by atoms with van der Waals surface area (Å²) in [5.41, 5.74) is 6.07. The number of carbonyl (C=O) groups excluding carboxylic acids is 1. The smallest absolute Gasteiger partial charge is 0.222 e. The molecule has 2 aliphatic rings. The molecule has 2 N–H and O–H groups in total. The molecule has 4 nitrogen and oxygen atoms in total. The second-order valence-electron chi connectivity index (χ2n) is 6.77. The number of ether oxygens (including phenoxy) is 1. The largest absolute Gasteiger partial charge is 0.381 e. The molecule has 1 aliphatic heterocycles. The van der Waals surface area contributed by atoms with Crippen molar-refractivity contribution in [2.75, 3.05) is 33.4 Å². The maximum Gasteiger partial charge on any atom is 0.222 e. The van der Waals surface area contributed by atoms with Gasteiger partial charge in [-0.05, 0) is 43.6 Å². The summed E-state index contributed by atoms with van der Waals surface area (Å²) < 4.78 is 5.38. The summed E-state index contributed by atoms with van der Waals surface area (Å²) in [4.78, 5) is 14.4. The normalized spacial score (nSPS) is 23.5. The molecule has 0 unspecified atom stereocenters. The second kappa shape index (κ2) is 7.41. The van der Waals surface area contributed by atoms with E-state index in [2.05, 4.69) is 0 Å². The number of hydrogen-bond acceptors (Lipinski definition) is 3. The molecule has 1 aliphatic carbocycles. The fraction of sp³-hybridized carbons (Fsp3) is 0.938. The molecule has 0 aromatic rings. The first-order chi connectivity index (χ1) is 9.65. The Morgan fingerprint density at radius 1 is 1.25 bits per heavy atom. The van der Waals surface area contributed by atoms with Crippen LogP contribution in [0, 0.1) is 11.3 Å². The van der Waals surface area contributed by atoms with E-state index in [4.69, 9.17) is 10.5 Å². The van der Waals surface area contributed by atoms with Gasteiger partial charge in [0.1, 0.15) is 0 Å². The van der Waals surface area contributed by atoms with Crippen LogP contribution < -0.4 is 5.73 Å². The van der Waals surface area contributed by atoms with E-state index in [1.165, 1.54) is 19.3 Å². The van der Waals surface area contributed by atoms with Crippen LogP contribution in [0.25, 0.3) is 0 Å². The Hall–Kier alpha value is -0.610. The number of nitrogens with two attached hydrogens (primary N) is 1. The summed E-state index contributed by atoms with van der Waals surface area (Å²) in [5.74, 6) is 0.890. The minimum atomic E-state index is 0.0826. The molecule has 0 radical (unpaired) electrons. The number of carbonyl (C=O) groups is 1. The van der Waals surface area contributed by atoms with Gasteiger partial charge in [-0.25, -0.2) is 0 Å². The quantitative estimate of drug-likeness (QED) is 0.841. The van der Waals surface area contributed by atoms with Crippen LogP contribution in [0.2, 0.25) is 0 Å². The van der Waals surface area contributed by atoms with Crippen molar-refractivity contribution in [1.29, 1.82) is 0 Å². The van der Waals surface area contributed by atoms with Gasteiger partial charge in [-0.15, -0.1) is 0 Å². The maximum absolute atomic E-state index is 12.5. The monoisotopic (exact) mass is 282 g/mol. The van der Waals surface area contributed by atoms with Crippen molar-refractivity contribution in [1.82, 2.24) is 4.90 Å². The topological polar surface area (TPSA) is 55.6 Å². The Morgan fingerprint density at radius 3 is 2.50 bits per heavy atom. The zero-order valence-corrected chi connectivity index (χ0v) is 12.9. The van der Waals surface area contributed by atoms with Crippen LogP contribution in [-0.4, -0.2) is 44.2 Å². The fourth-order valence-corrected chi connectivity index (χ4v) is 3.63. The van der Waals surface area contributed by atoms with Gasteiger partial charge in [0, 0.05) is 33.2 Å². The van der Waals surface area contributed by atoms with Crippen molar-refractivity contribution >= 4 is 5.91 Å². The van der Waals surface area contributed by atoms with Crippen LogP contribution in [0.1, 0.15) is 51.4 Å². The van der Waals surface area contributed by atoms with Crippen LogP contribution in [0.3, 0.4) is 0 Å². The zero-order valence-electron chi connectivity index (χ0n) is 12.9. The molecule has 2 rings (SSSR count). The average Bonchev–Trinajstić information content (AvgIpc) is 2.49. The maximum atomic E-state index is 12.5. The van der Waals surface area contributed by atoms with Gasteiger partial charge < -0.3 is 15.4 Å². The third-order valence-corrected chi connectivity index (χ3v) is 5.17. The first-order valence-electron chi connectivity index (χ1n) is 8.17. The van der Waals surface area contributed by atoms with Gasteiger partial charge in [0.25, 0.3) is 0 Å². The first kappa shape index (κ1) is 15.8. The van der Waals surface area contributed by atoms with E-state index in [1.54, 1.807) is 0 Å². The molecule has 116 valence electrons. The molecule has 0 spiro atoms. The molecule has 2 fully saturated rings. The molecule has 1 saturated carbocycles. The highest BCUT2D eigenvalue weighted by atomic mass is 16.5. The minimum Gasteiger partial charge on any atom is -0.381 e. The van der Waals surface area contributed by atoms with Crippen molar-refractivity contribution in [2.45, 2.75) is 51.4 Å². The number of amides is 1. The summed E-state index contributed by atoms with van der Waals surface area (Å²) in [6.45, 7) is 3.23. The van der Waals surface area contributed by atoms with Crippen molar-refractivity contribution in [3.8, 4) is 0 Å². The third-order valence-electron chi connectivity index (χ3n) is 5.17. The van der Waals surface area contributed by atoms with Gasteiger partial charge >= 0.3 is 0 Å². The van der Waals surface area contributed by atoms with E-state index in [9.17, 15) is 4.79 Å². The highest BCUT2D eigenvalue weighted by Crippen LogP contribution is 2.38. The summed E-state index contributed by atoms with van der Waals surface area (Å²) >= 11 is 0. The minimum absolute atomic E-state index is 0.0826. The van der Waals surface area contributed by atoms with Crippen LogP contribution in [0.4, 0.5) is 0 Å². The standard InChI is InChI=1S/C16H30N2O2/c1-18(12-14-5-9-20-10-6-14)15(19)11-16(13-17)7-3-2-4-8-16/h14H,2-13,17H2,1H3. The molecule has 20 heavy (non-hydrogen) atoms. The molecule has 4 heteroatoms. The Kier molecular flexibility index (Phi) is 5.85. The molecule has 0 aromatic carbocycles. The average molecular weight is 282 g/mol. The van der Waals surface area contributed by atoms with E-state index in [0.717, 1.165) is 45.4 Å². The van der Waals surface area contributed by atoms with E-state index >= 15 is 0 Å². The fourth-order valence-electron chi connectivity index (χ4n) is 3.63. The van der Waals surface area contributed by atoms with Gasteiger partial charge in [-0.1, -0.05) is 19.3 Å². The van der Waals surface area contributed by atoms with Crippen LogP contribution >= 0.6 is 0 Å². The van der Waals surface area contributed by atoms with E-state index < -0.39 is 0 Å². The van der Waals surface area contributed by atoms with Gasteiger partial charge in [0.15, 0.2) is 0 Å². The predicted molar refractivity (Wildman–Crippen MR) is 80.4 cm³/mol. The van der Waals surface area contributed by atoms with E-state index in [1.807, 2.05) is 11.9 Å². The predicted octanol–water partition coefficient (Wildman–Crippen LogP) is 2.17. The number of rotatable bonds is 5. The number of nitrogens with zero attached hydrogens (tertiary/aromatic N) is 1. The SMILES string of the molecule is CN(CC1CCOCC1)C(=O)CC1(CN)CCCCC1. The van der Waals surface area contributed by atoms with Gasteiger partial charge in [-0.2, -0.15) is 0 Å². The van der Waals surface area contributed by atoms with Gasteiger partial charge in [0.2, 0.25) is 5.91 Å². The molecule has 1 heterocycles. The lowest BCUT2D eigenvalue weighted by Gasteiger charge is -2.37. The van der Waals surface area contributed by atoms with Gasteiger partial charge in [0.05, 0.1) is 0 Å². The highest BCUT2D eigenvalue weighted by Gasteiger charge is 2.34. The molecule has 0 atom stereocenters. The molecule has 1 amide bonds. The van der Waals surface area contributed by atoms with Crippen molar-refractivity contribution in [3.05, 3.63) is 0 Å². The molecular formula is C16H30N2O2. The highest BCUT2D eigenvalue weighted by molar-refractivity contribution is 5.76. The summed E-state index contributed by atoms with van der Waals surface area (Å²) in [6, 6.07) is 0. The van der Waals surface area contributed by atoms with Crippen molar-refractivity contribution in [3.63, 3.8) is 0 Å². The Morgan fingerprint density at radius 2 is 1.90 bits per heavy atom. The van der Waals surface area contributed by atoms with Crippen molar-refractivity contribution in [2.24, 2.45) is 17.1 Å². The first-order valence-corrected chi connectivity index (χ1v) is 8.17.